The molecule has 29 heavy (non-hydrogen) atoms. The Hall–Kier alpha value is -2.83. The molecule has 0 radical (unpaired) electrons. The van der Waals surface area contributed by atoms with Gasteiger partial charge in [0.1, 0.15) is 17.1 Å². The quantitative estimate of drug-likeness (QED) is 0.727. The van der Waals surface area contributed by atoms with Gasteiger partial charge in [-0.15, -0.1) is 0 Å². The molecule has 0 aliphatic carbocycles. The van der Waals surface area contributed by atoms with Gasteiger partial charge in [0, 0.05) is 34.9 Å². The van der Waals surface area contributed by atoms with Crippen molar-refractivity contribution in [2.75, 3.05) is 13.7 Å². The molecule has 0 atom stereocenters. The van der Waals surface area contributed by atoms with E-state index in [4.69, 9.17) is 13.9 Å². The van der Waals surface area contributed by atoms with Crippen molar-refractivity contribution in [2.24, 2.45) is 0 Å². The Balaban J connectivity index is 1.77. The van der Waals surface area contributed by atoms with Crippen LogP contribution < -0.4 is 4.74 Å². The van der Waals surface area contributed by atoms with Crippen LogP contribution in [0.4, 0.5) is 0 Å². The van der Waals surface area contributed by atoms with Gasteiger partial charge >= 0.3 is 5.97 Å². The molecule has 0 spiro atoms. The molecule has 2 heterocycles. The molecular weight excluding hydrogens is 374 g/mol. The highest BCUT2D eigenvalue weighted by atomic mass is 16.5. The highest BCUT2D eigenvalue weighted by Gasteiger charge is 2.47. The summed E-state index contributed by atoms with van der Waals surface area (Å²) in [4.78, 5) is 39.2. The van der Waals surface area contributed by atoms with Gasteiger partial charge in [-0.1, -0.05) is 0 Å². The van der Waals surface area contributed by atoms with Gasteiger partial charge in [0.2, 0.25) is 5.76 Å². The molecule has 0 unspecified atom stereocenters. The first-order chi connectivity index (χ1) is 13.5. The van der Waals surface area contributed by atoms with E-state index in [0.29, 0.717) is 16.9 Å². The number of furan rings is 1. The maximum atomic E-state index is 12.9. The number of ether oxygens (including phenoxy) is 2. The SMILES string of the molecule is COc1ccc2oc(C(=O)OCC(=O)N3C(C)(C)CC(=O)CC3(C)C)c(C)c2c1. The van der Waals surface area contributed by atoms with Crippen LogP contribution in [0, 0.1) is 6.92 Å². The summed E-state index contributed by atoms with van der Waals surface area (Å²) in [5.41, 5.74) is -0.124. The van der Waals surface area contributed by atoms with Crippen molar-refractivity contribution in [3.63, 3.8) is 0 Å². The number of hydrogen-bond acceptors (Lipinski definition) is 6. The van der Waals surface area contributed by atoms with Gasteiger partial charge in [-0.2, -0.15) is 0 Å². The van der Waals surface area contributed by atoms with E-state index in [1.165, 1.54) is 0 Å². The summed E-state index contributed by atoms with van der Waals surface area (Å²) >= 11 is 0. The van der Waals surface area contributed by atoms with Crippen molar-refractivity contribution in [2.45, 2.75) is 58.5 Å². The number of Topliss-reactive ketones (excluding diaryl/α,β-unsaturated/α-hetero) is 1. The second-order valence-electron chi connectivity index (χ2n) is 8.74. The molecule has 1 fully saturated rings. The zero-order chi connectivity index (χ0) is 21.6. The first kappa shape index (κ1) is 20.9. The molecule has 0 N–H and O–H groups in total. The van der Waals surface area contributed by atoms with Crippen LogP contribution >= 0.6 is 0 Å². The lowest BCUT2D eigenvalue weighted by Gasteiger charge is -2.51. The van der Waals surface area contributed by atoms with Crippen LogP contribution in [0.3, 0.4) is 0 Å². The van der Waals surface area contributed by atoms with Crippen molar-refractivity contribution < 1.29 is 28.3 Å². The number of fused-ring (bicyclic) bond motifs is 1. The molecule has 1 saturated heterocycles. The Morgan fingerprint density at radius 2 is 1.76 bits per heavy atom. The van der Waals surface area contributed by atoms with Gasteiger partial charge in [-0.3, -0.25) is 9.59 Å². The summed E-state index contributed by atoms with van der Waals surface area (Å²) in [6.45, 7) is 8.74. The Labute approximate surface area is 169 Å². The van der Waals surface area contributed by atoms with E-state index in [1.807, 2.05) is 27.7 Å². The number of esters is 1. The zero-order valence-corrected chi connectivity index (χ0v) is 17.8. The summed E-state index contributed by atoms with van der Waals surface area (Å²) in [7, 11) is 1.56. The molecule has 1 aliphatic rings. The van der Waals surface area contributed by atoms with Crippen LogP contribution in [0.15, 0.2) is 22.6 Å². The fraction of sp³-hybridized carbons (Fsp3) is 0.500. The molecule has 7 heteroatoms. The molecule has 1 aromatic carbocycles. The lowest BCUT2D eigenvalue weighted by atomic mass is 9.79. The van der Waals surface area contributed by atoms with E-state index in [2.05, 4.69) is 0 Å². The first-order valence-corrected chi connectivity index (χ1v) is 9.55. The Bertz CT molecular complexity index is 965. The molecule has 1 aliphatic heterocycles. The summed E-state index contributed by atoms with van der Waals surface area (Å²) in [5, 5.41) is 0.749. The monoisotopic (exact) mass is 401 g/mol. The van der Waals surface area contributed by atoms with Crippen molar-refractivity contribution in [3.05, 3.63) is 29.5 Å². The first-order valence-electron chi connectivity index (χ1n) is 9.55. The predicted octanol–water partition coefficient (Wildman–Crippen LogP) is 3.66. The number of likely N-dealkylation sites (tertiary alicyclic amines) is 1. The molecule has 0 saturated carbocycles. The lowest BCUT2D eigenvalue weighted by molar-refractivity contribution is -0.156. The smallest absolute Gasteiger partial charge is 0.375 e. The third kappa shape index (κ3) is 3.86. The third-order valence-electron chi connectivity index (χ3n) is 5.38. The van der Waals surface area contributed by atoms with Gasteiger partial charge in [0.05, 0.1) is 7.11 Å². The standard InChI is InChI=1S/C22H27NO6/c1-13-16-9-15(27-6)7-8-17(16)29-19(13)20(26)28-12-18(25)23-21(2,3)10-14(24)11-22(23,4)5/h7-9H,10-12H2,1-6H3. The van der Waals surface area contributed by atoms with E-state index in [-0.39, 0.29) is 30.3 Å². The van der Waals surface area contributed by atoms with Gasteiger partial charge in [-0.25, -0.2) is 4.79 Å². The normalized spacial score (nSPS) is 18.0. The summed E-state index contributed by atoms with van der Waals surface area (Å²) in [5.74, 6) is -0.200. The van der Waals surface area contributed by atoms with E-state index in [1.54, 1.807) is 37.1 Å². The van der Waals surface area contributed by atoms with E-state index < -0.39 is 23.7 Å². The second-order valence-corrected chi connectivity index (χ2v) is 8.74. The van der Waals surface area contributed by atoms with E-state index in [9.17, 15) is 14.4 Å². The number of benzene rings is 1. The summed E-state index contributed by atoms with van der Waals surface area (Å²) in [6.07, 6.45) is 0.557. The van der Waals surface area contributed by atoms with Crippen molar-refractivity contribution in [1.82, 2.24) is 4.90 Å². The van der Waals surface area contributed by atoms with Crippen LogP contribution in [-0.2, 0) is 14.3 Å². The predicted molar refractivity (Wildman–Crippen MR) is 107 cm³/mol. The van der Waals surface area contributed by atoms with Crippen molar-refractivity contribution in [1.29, 1.82) is 0 Å². The van der Waals surface area contributed by atoms with Gasteiger partial charge in [-0.05, 0) is 52.8 Å². The van der Waals surface area contributed by atoms with Crippen LogP contribution in [0.25, 0.3) is 11.0 Å². The maximum Gasteiger partial charge on any atom is 0.375 e. The van der Waals surface area contributed by atoms with E-state index >= 15 is 0 Å². The number of aryl methyl sites for hydroxylation is 1. The molecule has 7 nitrogen and oxygen atoms in total. The molecule has 1 aromatic heterocycles. The average molecular weight is 401 g/mol. The fourth-order valence-electron chi connectivity index (χ4n) is 4.46. The molecule has 2 aromatic rings. The molecule has 3 rings (SSSR count). The lowest BCUT2D eigenvalue weighted by Crippen LogP contribution is -2.63. The largest absolute Gasteiger partial charge is 0.497 e. The number of carbonyl (C=O) groups excluding carboxylic acids is 3. The summed E-state index contributed by atoms with van der Waals surface area (Å²) < 4.78 is 16.1. The van der Waals surface area contributed by atoms with Crippen LogP contribution in [0.1, 0.15) is 56.7 Å². The number of ketones is 1. The minimum absolute atomic E-state index is 0.0633. The highest BCUT2D eigenvalue weighted by molar-refractivity contribution is 5.97. The number of amides is 1. The van der Waals surface area contributed by atoms with Gasteiger partial charge in [0.15, 0.2) is 6.61 Å². The van der Waals surface area contributed by atoms with E-state index in [0.717, 1.165) is 5.39 Å². The number of hydrogen-bond donors (Lipinski definition) is 0. The van der Waals surface area contributed by atoms with Crippen LogP contribution in [-0.4, -0.2) is 47.4 Å². The molecule has 0 bridgehead atoms. The number of methoxy groups -OCH3 is 1. The third-order valence-corrected chi connectivity index (χ3v) is 5.38. The van der Waals surface area contributed by atoms with Crippen molar-refractivity contribution >= 4 is 28.6 Å². The van der Waals surface area contributed by atoms with Gasteiger partial charge in [0.25, 0.3) is 5.91 Å². The highest BCUT2D eigenvalue weighted by Crippen LogP contribution is 2.36. The topological polar surface area (TPSA) is 86.1 Å². The molecule has 1 amide bonds. The second kappa shape index (κ2) is 7.21. The van der Waals surface area contributed by atoms with Gasteiger partial charge < -0.3 is 18.8 Å². The number of piperidine rings is 1. The number of rotatable bonds is 4. The average Bonchev–Trinajstić information content (AvgIpc) is 2.93. The Kier molecular flexibility index (Phi) is 5.19. The Morgan fingerprint density at radius 3 is 2.34 bits per heavy atom. The zero-order valence-electron chi connectivity index (χ0n) is 17.8. The summed E-state index contributed by atoms with van der Waals surface area (Å²) in [6, 6.07) is 5.25. The number of nitrogens with zero attached hydrogens (tertiary/aromatic N) is 1. The minimum atomic E-state index is -0.699. The minimum Gasteiger partial charge on any atom is -0.497 e. The number of carbonyl (C=O) groups is 3. The van der Waals surface area contributed by atoms with Crippen molar-refractivity contribution in [3.8, 4) is 5.75 Å². The van der Waals surface area contributed by atoms with Crippen LogP contribution in [0.5, 0.6) is 5.75 Å². The molecule has 156 valence electrons. The Morgan fingerprint density at radius 1 is 1.14 bits per heavy atom. The maximum absolute atomic E-state index is 12.9. The fourth-order valence-corrected chi connectivity index (χ4v) is 4.46. The van der Waals surface area contributed by atoms with Crippen LogP contribution in [0.2, 0.25) is 0 Å². The molecular formula is C22H27NO6.